The van der Waals surface area contributed by atoms with E-state index in [2.05, 4.69) is 44.4 Å². The van der Waals surface area contributed by atoms with E-state index in [1.165, 1.54) is 25.9 Å². The highest BCUT2D eigenvalue weighted by molar-refractivity contribution is 5.06. The van der Waals surface area contributed by atoms with Gasteiger partial charge in [-0.25, -0.2) is 0 Å². The Kier molecular flexibility index (Phi) is 4.48. The number of hydrogen-bond acceptors (Lipinski definition) is 1. The average Bonchev–Trinajstić information content (AvgIpc) is 2.15. The van der Waals surface area contributed by atoms with Crippen molar-refractivity contribution in [1.29, 1.82) is 0 Å². The lowest BCUT2D eigenvalue weighted by atomic mass is 9.96. The van der Waals surface area contributed by atoms with Crippen molar-refractivity contribution < 1.29 is 0 Å². The molecule has 0 bridgehead atoms. The SMILES string of the molecule is CC(C)C#CC1CCN(C(C)C)CC1. The summed E-state index contributed by atoms with van der Waals surface area (Å²) in [4.78, 5) is 2.55. The van der Waals surface area contributed by atoms with Crippen LogP contribution in [-0.4, -0.2) is 24.0 Å². The molecular weight excluding hydrogens is 170 g/mol. The molecule has 14 heavy (non-hydrogen) atoms. The molecule has 0 spiro atoms. The van der Waals surface area contributed by atoms with Gasteiger partial charge in [-0.2, -0.15) is 0 Å². The lowest BCUT2D eigenvalue weighted by Crippen LogP contribution is -2.38. The summed E-state index contributed by atoms with van der Waals surface area (Å²) in [7, 11) is 0. The van der Waals surface area contributed by atoms with Crippen LogP contribution in [0, 0.1) is 23.7 Å². The summed E-state index contributed by atoms with van der Waals surface area (Å²) in [6.45, 7) is 11.3. The predicted octanol–water partition coefficient (Wildman–Crippen LogP) is 2.77. The van der Waals surface area contributed by atoms with Gasteiger partial charge >= 0.3 is 0 Å². The van der Waals surface area contributed by atoms with E-state index in [1.807, 2.05) is 0 Å². The first kappa shape index (κ1) is 11.6. The maximum Gasteiger partial charge on any atom is 0.0227 e. The highest BCUT2D eigenvalue weighted by atomic mass is 15.1. The molecule has 0 saturated carbocycles. The Morgan fingerprint density at radius 2 is 1.64 bits per heavy atom. The number of rotatable bonds is 1. The van der Waals surface area contributed by atoms with Crippen molar-refractivity contribution in [3.63, 3.8) is 0 Å². The van der Waals surface area contributed by atoms with Gasteiger partial charge in [0.25, 0.3) is 0 Å². The first-order valence-electron chi connectivity index (χ1n) is 5.84. The predicted molar refractivity (Wildman–Crippen MR) is 62.0 cm³/mol. The fraction of sp³-hybridized carbons (Fsp3) is 0.846. The molecule has 0 aromatic rings. The largest absolute Gasteiger partial charge is 0.301 e. The summed E-state index contributed by atoms with van der Waals surface area (Å²) in [5.74, 6) is 7.88. The molecule has 80 valence electrons. The third kappa shape index (κ3) is 3.72. The Bertz CT molecular complexity index is 211. The van der Waals surface area contributed by atoms with Gasteiger partial charge in [-0.15, -0.1) is 5.92 Å². The number of nitrogens with zero attached hydrogens (tertiary/aromatic N) is 1. The van der Waals surface area contributed by atoms with E-state index in [4.69, 9.17) is 0 Å². The zero-order chi connectivity index (χ0) is 10.6. The fourth-order valence-corrected chi connectivity index (χ4v) is 1.84. The van der Waals surface area contributed by atoms with Crippen LogP contribution in [0.4, 0.5) is 0 Å². The summed E-state index contributed by atoms with van der Waals surface area (Å²) in [5.41, 5.74) is 0. The molecule has 1 nitrogen and oxygen atoms in total. The summed E-state index contributed by atoms with van der Waals surface area (Å²) in [5, 5.41) is 0. The fourth-order valence-electron chi connectivity index (χ4n) is 1.84. The smallest absolute Gasteiger partial charge is 0.0227 e. The van der Waals surface area contributed by atoms with Gasteiger partial charge in [0.1, 0.15) is 0 Å². The van der Waals surface area contributed by atoms with Crippen LogP contribution < -0.4 is 0 Å². The van der Waals surface area contributed by atoms with Crippen molar-refractivity contribution in [1.82, 2.24) is 4.90 Å². The molecular formula is C13H23N. The normalized spacial score (nSPS) is 19.9. The Hall–Kier alpha value is -0.480. The molecule has 0 unspecified atom stereocenters. The van der Waals surface area contributed by atoms with Crippen LogP contribution in [-0.2, 0) is 0 Å². The lowest BCUT2D eigenvalue weighted by molar-refractivity contribution is 0.167. The van der Waals surface area contributed by atoms with Crippen molar-refractivity contribution in [2.45, 2.75) is 46.6 Å². The molecule has 1 saturated heterocycles. The second kappa shape index (κ2) is 5.41. The zero-order valence-corrected chi connectivity index (χ0v) is 10.0. The van der Waals surface area contributed by atoms with E-state index in [-0.39, 0.29) is 0 Å². The third-order valence-corrected chi connectivity index (χ3v) is 2.84. The van der Waals surface area contributed by atoms with Crippen LogP contribution in [0.3, 0.4) is 0 Å². The minimum atomic E-state index is 0.526. The van der Waals surface area contributed by atoms with E-state index in [1.54, 1.807) is 0 Å². The van der Waals surface area contributed by atoms with Gasteiger partial charge in [-0.3, -0.25) is 0 Å². The minimum absolute atomic E-state index is 0.526. The van der Waals surface area contributed by atoms with Gasteiger partial charge in [-0.05, 0) is 39.8 Å². The Labute approximate surface area is 88.9 Å². The Morgan fingerprint density at radius 1 is 1.07 bits per heavy atom. The first-order valence-corrected chi connectivity index (χ1v) is 5.84. The van der Waals surface area contributed by atoms with E-state index in [9.17, 15) is 0 Å². The summed E-state index contributed by atoms with van der Waals surface area (Å²) in [6.07, 6.45) is 2.52. The van der Waals surface area contributed by atoms with E-state index >= 15 is 0 Å². The summed E-state index contributed by atoms with van der Waals surface area (Å²) >= 11 is 0. The minimum Gasteiger partial charge on any atom is -0.301 e. The molecule has 1 fully saturated rings. The zero-order valence-electron chi connectivity index (χ0n) is 10.0. The summed E-state index contributed by atoms with van der Waals surface area (Å²) < 4.78 is 0. The monoisotopic (exact) mass is 193 g/mol. The van der Waals surface area contributed by atoms with Crippen molar-refractivity contribution in [3.8, 4) is 11.8 Å². The highest BCUT2D eigenvalue weighted by Gasteiger charge is 2.18. The molecule has 0 radical (unpaired) electrons. The number of piperidine rings is 1. The van der Waals surface area contributed by atoms with Crippen molar-refractivity contribution in [2.24, 2.45) is 11.8 Å². The molecule has 0 aromatic heterocycles. The highest BCUT2D eigenvalue weighted by Crippen LogP contribution is 2.18. The molecule has 0 aliphatic carbocycles. The van der Waals surface area contributed by atoms with E-state index in [0.29, 0.717) is 17.9 Å². The Morgan fingerprint density at radius 3 is 2.07 bits per heavy atom. The molecule has 1 rings (SSSR count). The van der Waals surface area contributed by atoms with Crippen molar-refractivity contribution >= 4 is 0 Å². The topological polar surface area (TPSA) is 3.24 Å². The van der Waals surface area contributed by atoms with Gasteiger partial charge in [0.05, 0.1) is 0 Å². The van der Waals surface area contributed by atoms with Gasteiger partial charge < -0.3 is 4.90 Å². The quantitative estimate of drug-likeness (QED) is 0.579. The van der Waals surface area contributed by atoms with Gasteiger partial charge in [0.15, 0.2) is 0 Å². The standard InChI is InChI=1S/C13H23N/c1-11(2)5-6-13-7-9-14(10-8-13)12(3)4/h11-13H,7-10H2,1-4H3. The van der Waals surface area contributed by atoms with Crippen LogP contribution in [0.2, 0.25) is 0 Å². The summed E-state index contributed by atoms with van der Waals surface area (Å²) in [6, 6.07) is 0.703. The van der Waals surface area contributed by atoms with Gasteiger partial charge in [-0.1, -0.05) is 19.8 Å². The molecule has 0 N–H and O–H groups in total. The van der Waals surface area contributed by atoms with E-state index in [0.717, 1.165) is 0 Å². The molecule has 0 amide bonds. The van der Waals surface area contributed by atoms with Crippen LogP contribution in [0.1, 0.15) is 40.5 Å². The van der Waals surface area contributed by atoms with Crippen LogP contribution >= 0.6 is 0 Å². The first-order chi connectivity index (χ1) is 6.59. The molecule has 1 aliphatic rings. The average molecular weight is 193 g/mol. The van der Waals surface area contributed by atoms with Crippen LogP contribution in [0.5, 0.6) is 0 Å². The molecule has 1 heteroatoms. The second-order valence-corrected chi connectivity index (χ2v) is 4.85. The Balaban J connectivity index is 2.33. The van der Waals surface area contributed by atoms with Crippen LogP contribution in [0.15, 0.2) is 0 Å². The number of hydrogen-bond donors (Lipinski definition) is 0. The second-order valence-electron chi connectivity index (χ2n) is 4.85. The molecule has 1 heterocycles. The molecule has 0 atom stereocenters. The van der Waals surface area contributed by atoms with Gasteiger partial charge in [0, 0.05) is 17.9 Å². The maximum atomic E-state index is 3.40. The van der Waals surface area contributed by atoms with Gasteiger partial charge in [0.2, 0.25) is 0 Å². The molecule has 0 aromatic carbocycles. The lowest BCUT2D eigenvalue weighted by Gasteiger charge is -2.32. The van der Waals surface area contributed by atoms with Crippen molar-refractivity contribution in [2.75, 3.05) is 13.1 Å². The number of likely N-dealkylation sites (tertiary alicyclic amines) is 1. The van der Waals surface area contributed by atoms with Crippen LogP contribution in [0.25, 0.3) is 0 Å². The molecule has 1 aliphatic heterocycles. The van der Waals surface area contributed by atoms with E-state index < -0.39 is 0 Å². The van der Waals surface area contributed by atoms with Crippen molar-refractivity contribution in [3.05, 3.63) is 0 Å². The third-order valence-electron chi connectivity index (χ3n) is 2.84. The maximum absolute atomic E-state index is 3.40.